The Morgan fingerprint density at radius 2 is 2.22 bits per heavy atom. The number of aromatic nitrogens is 1. The van der Waals surface area contributed by atoms with Gasteiger partial charge in [0.25, 0.3) is 10.0 Å². The highest BCUT2D eigenvalue weighted by atomic mass is 35.5. The molecular weight excluding hydrogens is 340 g/mol. The molecule has 0 spiro atoms. The Hall–Kier alpha value is -1.99. The van der Waals surface area contributed by atoms with Crippen molar-refractivity contribution in [1.29, 1.82) is 0 Å². The number of hydrogen-bond acceptors (Lipinski definition) is 5. The number of rotatable bonds is 4. The smallest absolute Gasteiger partial charge is 0.269 e. The standard InChI is InChI=1S/C15H15ClN2O4S/c1-2-21-15-14(4-3-7-17-15)23(19,20)18-8-9-22-13-6-5-11(16)10-12(13)18/h3-7,10H,2,8-9H2,1H3. The van der Waals surface area contributed by atoms with Crippen LogP contribution >= 0.6 is 11.6 Å². The quantitative estimate of drug-likeness (QED) is 0.844. The molecule has 0 saturated carbocycles. The van der Waals surface area contributed by atoms with Gasteiger partial charge in [0.15, 0.2) is 0 Å². The predicted octanol–water partition coefficient (Wildman–Crippen LogP) is 2.72. The maximum Gasteiger partial charge on any atom is 0.269 e. The van der Waals surface area contributed by atoms with Crippen LogP contribution in [-0.2, 0) is 10.0 Å². The second-order valence-electron chi connectivity index (χ2n) is 4.78. The SMILES string of the molecule is CCOc1ncccc1S(=O)(=O)N1CCOc2ccc(Cl)cc21. The summed E-state index contributed by atoms with van der Waals surface area (Å²) in [5.41, 5.74) is 0.412. The highest BCUT2D eigenvalue weighted by molar-refractivity contribution is 7.93. The van der Waals surface area contributed by atoms with E-state index in [2.05, 4.69) is 4.98 Å². The van der Waals surface area contributed by atoms with Gasteiger partial charge >= 0.3 is 0 Å². The van der Waals surface area contributed by atoms with E-state index < -0.39 is 10.0 Å². The molecule has 23 heavy (non-hydrogen) atoms. The molecule has 0 N–H and O–H groups in total. The Labute approximate surface area is 139 Å². The van der Waals surface area contributed by atoms with Crippen LogP contribution in [0.5, 0.6) is 11.6 Å². The highest BCUT2D eigenvalue weighted by Gasteiger charge is 2.33. The lowest BCUT2D eigenvalue weighted by atomic mass is 10.2. The minimum Gasteiger partial charge on any atom is -0.489 e. The van der Waals surface area contributed by atoms with Crippen LogP contribution < -0.4 is 13.8 Å². The lowest BCUT2D eigenvalue weighted by molar-refractivity contribution is 0.312. The summed E-state index contributed by atoms with van der Waals surface area (Å²) < 4.78 is 38.3. The monoisotopic (exact) mass is 354 g/mol. The summed E-state index contributed by atoms with van der Waals surface area (Å²) in [6.45, 7) is 2.55. The maximum atomic E-state index is 13.1. The lowest BCUT2D eigenvalue weighted by Crippen LogP contribution is -2.38. The van der Waals surface area contributed by atoms with Gasteiger partial charge in [0.2, 0.25) is 5.88 Å². The van der Waals surface area contributed by atoms with Gasteiger partial charge in [-0.2, -0.15) is 0 Å². The molecule has 0 atom stereocenters. The van der Waals surface area contributed by atoms with Gasteiger partial charge < -0.3 is 9.47 Å². The molecule has 0 fully saturated rings. The topological polar surface area (TPSA) is 68.7 Å². The number of nitrogens with zero attached hydrogens (tertiary/aromatic N) is 2. The van der Waals surface area contributed by atoms with E-state index in [0.29, 0.717) is 23.1 Å². The number of pyridine rings is 1. The van der Waals surface area contributed by atoms with Crippen molar-refractivity contribution < 1.29 is 17.9 Å². The molecular formula is C15H15ClN2O4S. The minimum atomic E-state index is -3.84. The molecule has 2 aromatic rings. The molecule has 3 rings (SSSR count). The second-order valence-corrected chi connectivity index (χ2v) is 7.04. The first-order chi connectivity index (χ1) is 11.0. The molecule has 1 aromatic carbocycles. The highest BCUT2D eigenvalue weighted by Crippen LogP contribution is 2.38. The van der Waals surface area contributed by atoms with Gasteiger partial charge in [0.1, 0.15) is 17.3 Å². The third kappa shape index (κ3) is 2.94. The van der Waals surface area contributed by atoms with Gasteiger partial charge in [-0.15, -0.1) is 0 Å². The van der Waals surface area contributed by atoms with Gasteiger partial charge in [0.05, 0.1) is 18.8 Å². The van der Waals surface area contributed by atoms with Crippen LogP contribution in [0, 0.1) is 0 Å². The Bertz CT molecular complexity index is 826. The van der Waals surface area contributed by atoms with Crippen LogP contribution in [0.15, 0.2) is 41.4 Å². The van der Waals surface area contributed by atoms with Crippen molar-refractivity contribution in [3.05, 3.63) is 41.6 Å². The van der Waals surface area contributed by atoms with Gasteiger partial charge in [-0.3, -0.25) is 4.31 Å². The fourth-order valence-electron chi connectivity index (χ4n) is 2.35. The number of hydrogen-bond donors (Lipinski definition) is 0. The number of ether oxygens (including phenoxy) is 2. The zero-order valence-electron chi connectivity index (χ0n) is 12.4. The Morgan fingerprint density at radius 1 is 1.39 bits per heavy atom. The van der Waals surface area contributed by atoms with E-state index in [-0.39, 0.29) is 23.9 Å². The van der Waals surface area contributed by atoms with Crippen LogP contribution in [0.1, 0.15) is 6.92 Å². The minimum absolute atomic E-state index is 0.0228. The molecule has 0 aliphatic carbocycles. The van der Waals surface area contributed by atoms with Crippen molar-refractivity contribution >= 4 is 27.3 Å². The van der Waals surface area contributed by atoms with E-state index in [1.807, 2.05) is 0 Å². The molecule has 1 aliphatic heterocycles. The first kappa shape index (κ1) is 15.9. The van der Waals surface area contributed by atoms with Crippen molar-refractivity contribution in [3.63, 3.8) is 0 Å². The Balaban J connectivity index is 2.11. The number of sulfonamides is 1. The average molecular weight is 355 g/mol. The van der Waals surface area contributed by atoms with Crippen LogP contribution in [0.3, 0.4) is 0 Å². The van der Waals surface area contributed by atoms with Crippen molar-refractivity contribution in [2.45, 2.75) is 11.8 Å². The van der Waals surface area contributed by atoms with Crippen LogP contribution in [0.4, 0.5) is 5.69 Å². The summed E-state index contributed by atoms with van der Waals surface area (Å²) in [7, 11) is -3.84. The zero-order chi connectivity index (χ0) is 16.4. The second kappa shape index (κ2) is 6.25. The van der Waals surface area contributed by atoms with E-state index >= 15 is 0 Å². The van der Waals surface area contributed by atoms with Crippen molar-refractivity contribution in [1.82, 2.24) is 4.98 Å². The van der Waals surface area contributed by atoms with E-state index in [1.165, 1.54) is 16.6 Å². The fourth-order valence-corrected chi connectivity index (χ4v) is 4.06. The molecule has 0 radical (unpaired) electrons. The summed E-state index contributed by atoms with van der Waals surface area (Å²) in [5.74, 6) is 0.566. The largest absolute Gasteiger partial charge is 0.489 e. The number of anilines is 1. The molecule has 6 nitrogen and oxygen atoms in total. The van der Waals surface area contributed by atoms with Gasteiger partial charge in [-0.05, 0) is 37.3 Å². The summed E-state index contributed by atoms with van der Waals surface area (Å²) in [5, 5.41) is 0.436. The Kier molecular flexibility index (Phi) is 4.32. The molecule has 122 valence electrons. The molecule has 0 amide bonds. The maximum absolute atomic E-state index is 13.1. The third-order valence-electron chi connectivity index (χ3n) is 3.33. The van der Waals surface area contributed by atoms with Crippen molar-refractivity contribution in [2.75, 3.05) is 24.1 Å². The van der Waals surface area contributed by atoms with Gasteiger partial charge in [-0.1, -0.05) is 11.6 Å². The Morgan fingerprint density at radius 3 is 3.00 bits per heavy atom. The predicted molar refractivity (Wildman–Crippen MR) is 86.9 cm³/mol. The summed E-state index contributed by atoms with van der Waals surface area (Å²) in [4.78, 5) is 4.04. The first-order valence-corrected chi connectivity index (χ1v) is 8.88. The normalized spacial score (nSPS) is 14.1. The molecule has 0 saturated heterocycles. The van der Waals surface area contributed by atoms with Crippen molar-refractivity contribution in [3.8, 4) is 11.6 Å². The van der Waals surface area contributed by atoms with Crippen molar-refractivity contribution in [2.24, 2.45) is 0 Å². The summed E-state index contributed by atoms with van der Waals surface area (Å²) >= 11 is 6.00. The first-order valence-electron chi connectivity index (χ1n) is 7.07. The molecule has 0 unspecified atom stereocenters. The van der Waals surface area contributed by atoms with Crippen LogP contribution in [-0.4, -0.2) is 33.2 Å². The lowest BCUT2D eigenvalue weighted by Gasteiger charge is -2.30. The number of fused-ring (bicyclic) bond motifs is 1. The third-order valence-corrected chi connectivity index (χ3v) is 5.39. The van der Waals surface area contributed by atoms with E-state index in [0.717, 1.165) is 0 Å². The van der Waals surface area contributed by atoms with E-state index in [1.54, 1.807) is 31.2 Å². The molecule has 8 heteroatoms. The fraction of sp³-hybridized carbons (Fsp3) is 0.267. The summed E-state index contributed by atoms with van der Waals surface area (Å²) in [6.07, 6.45) is 1.49. The molecule has 0 bridgehead atoms. The molecule has 2 heterocycles. The number of halogens is 1. The van der Waals surface area contributed by atoms with Crippen LogP contribution in [0.25, 0.3) is 0 Å². The van der Waals surface area contributed by atoms with Gasteiger partial charge in [-0.25, -0.2) is 13.4 Å². The molecule has 1 aromatic heterocycles. The zero-order valence-corrected chi connectivity index (χ0v) is 14.0. The van der Waals surface area contributed by atoms with Crippen LogP contribution in [0.2, 0.25) is 5.02 Å². The van der Waals surface area contributed by atoms with Gasteiger partial charge in [0, 0.05) is 11.2 Å². The number of benzene rings is 1. The van der Waals surface area contributed by atoms with E-state index in [4.69, 9.17) is 21.1 Å². The van der Waals surface area contributed by atoms with E-state index in [9.17, 15) is 8.42 Å². The summed E-state index contributed by atoms with van der Waals surface area (Å²) in [6, 6.07) is 7.93. The average Bonchev–Trinajstić information content (AvgIpc) is 2.55. The molecule has 1 aliphatic rings.